The molecule has 0 saturated heterocycles. The number of non-ortho nitro benzene ring substituents is 1. The second-order valence-electron chi connectivity index (χ2n) is 6.12. The summed E-state index contributed by atoms with van der Waals surface area (Å²) in [7, 11) is -4.63. The van der Waals surface area contributed by atoms with Crippen LogP contribution in [0.5, 0.6) is 0 Å². The number of hydrogen-bond acceptors (Lipinski definition) is 9. The molecule has 12 nitrogen and oxygen atoms in total. The Labute approximate surface area is 158 Å². The molecule has 3 unspecified atom stereocenters. The molecule has 1 aliphatic heterocycles. The molecule has 0 saturated carbocycles. The fraction of sp³-hybridized carbons (Fsp3) is 0.267. The van der Waals surface area contributed by atoms with Crippen molar-refractivity contribution in [2.24, 2.45) is 0 Å². The van der Waals surface area contributed by atoms with Crippen LogP contribution in [0.15, 0.2) is 36.7 Å². The van der Waals surface area contributed by atoms with Gasteiger partial charge in [0.1, 0.15) is 5.78 Å². The molecule has 1 aromatic carbocycles. The van der Waals surface area contributed by atoms with Gasteiger partial charge in [-0.25, -0.2) is 0 Å². The van der Waals surface area contributed by atoms with Crippen LogP contribution in [0, 0.1) is 10.1 Å². The molecule has 150 valence electrons. The van der Waals surface area contributed by atoms with Crippen LogP contribution in [-0.2, 0) is 11.1 Å². The zero-order chi connectivity index (χ0) is 20.5. The van der Waals surface area contributed by atoms with Crippen LogP contribution in [0.2, 0.25) is 0 Å². The Bertz CT molecular complexity index is 922. The molecule has 0 bridgehead atoms. The van der Waals surface area contributed by atoms with Crippen molar-refractivity contribution in [1.29, 1.82) is 0 Å². The fourth-order valence-electron chi connectivity index (χ4n) is 2.85. The van der Waals surface area contributed by atoms with Gasteiger partial charge >= 0.3 is 7.60 Å². The summed E-state index contributed by atoms with van der Waals surface area (Å²) in [5.41, 5.74) is 0.675. The van der Waals surface area contributed by atoms with Crippen molar-refractivity contribution >= 4 is 24.7 Å². The molecule has 2 heterocycles. The van der Waals surface area contributed by atoms with Crippen LogP contribution < -0.4 is 16.0 Å². The van der Waals surface area contributed by atoms with E-state index in [1.54, 1.807) is 0 Å². The Kier molecular flexibility index (Phi) is 5.61. The number of fused-ring (bicyclic) bond motifs is 1. The third-order valence-corrected chi connectivity index (χ3v) is 5.29. The number of rotatable bonds is 6. The van der Waals surface area contributed by atoms with E-state index in [-0.39, 0.29) is 34.7 Å². The molecule has 3 atom stereocenters. The SMILES string of the molecule is O=[N+]([O-])c1cc(CNC(c2cccnc2)P(=O)(O)O)c2c(c1)NC(O)C(O)N2. The number of nitrogens with zero attached hydrogens (tertiary/aromatic N) is 2. The zero-order valence-electron chi connectivity index (χ0n) is 14.3. The second kappa shape index (κ2) is 7.80. The number of nitro benzene ring substituents is 1. The maximum atomic E-state index is 11.9. The maximum absolute atomic E-state index is 11.9. The summed E-state index contributed by atoms with van der Waals surface area (Å²) >= 11 is 0. The number of benzene rings is 1. The highest BCUT2D eigenvalue weighted by molar-refractivity contribution is 7.52. The molecule has 0 aliphatic carbocycles. The minimum Gasteiger partial charge on any atom is -0.369 e. The summed E-state index contributed by atoms with van der Waals surface area (Å²) in [4.78, 5) is 33.8. The van der Waals surface area contributed by atoms with E-state index in [4.69, 9.17) is 0 Å². The standard InChI is InChI=1S/C15H18N5O7P/c21-13-14(22)19-12-9(4-10(20(23)24)5-11(12)18-13)7-17-15(28(25,26)27)8-2-1-3-16-6-8/h1-6,13-15,17-19,21-22H,7H2,(H2,25,26,27). The van der Waals surface area contributed by atoms with Crippen LogP contribution in [0.1, 0.15) is 16.9 Å². The number of aliphatic hydroxyl groups excluding tert-OH is 2. The number of aromatic nitrogens is 1. The van der Waals surface area contributed by atoms with Crippen molar-refractivity contribution in [1.82, 2.24) is 10.3 Å². The summed E-state index contributed by atoms with van der Waals surface area (Å²) < 4.78 is 11.9. The van der Waals surface area contributed by atoms with Crippen molar-refractivity contribution in [3.63, 3.8) is 0 Å². The lowest BCUT2D eigenvalue weighted by Crippen LogP contribution is -2.43. The number of nitro groups is 1. The van der Waals surface area contributed by atoms with Gasteiger partial charge in [0.15, 0.2) is 12.5 Å². The lowest BCUT2D eigenvalue weighted by atomic mass is 10.1. The molecule has 0 spiro atoms. The molecule has 1 aromatic heterocycles. The lowest BCUT2D eigenvalue weighted by Gasteiger charge is -2.31. The first kappa shape index (κ1) is 20.1. The summed E-state index contributed by atoms with van der Waals surface area (Å²) in [5.74, 6) is -1.39. The molecule has 28 heavy (non-hydrogen) atoms. The van der Waals surface area contributed by atoms with E-state index in [1.807, 2.05) is 0 Å². The second-order valence-corrected chi connectivity index (χ2v) is 7.82. The van der Waals surface area contributed by atoms with Crippen molar-refractivity contribution in [3.8, 4) is 0 Å². The molecule has 0 amide bonds. The largest absolute Gasteiger partial charge is 0.369 e. The number of aliphatic hydroxyl groups is 2. The van der Waals surface area contributed by atoms with E-state index in [1.165, 1.54) is 36.7 Å². The Morgan fingerprint density at radius 3 is 2.61 bits per heavy atom. The monoisotopic (exact) mass is 411 g/mol. The van der Waals surface area contributed by atoms with Gasteiger partial charge in [-0.2, -0.15) is 0 Å². The van der Waals surface area contributed by atoms with E-state index >= 15 is 0 Å². The summed E-state index contributed by atoms with van der Waals surface area (Å²) in [6.45, 7) is -0.174. The molecule has 7 N–H and O–H groups in total. The summed E-state index contributed by atoms with van der Waals surface area (Å²) in [6.07, 6.45) is 0.0103. The Morgan fingerprint density at radius 1 is 1.29 bits per heavy atom. The smallest absolute Gasteiger partial charge is 0.346 e. The van der Waals surface area contributed by atoms with Gasteiger partial charge in [0.05, 0.1) is 16.3 Å². The van der Waals surface area contributed by atoms with Gasteiger partial charge in [0, 0.05) is 31.1 Å². The van der Waals surface area contributed by atoms with E-state index in [2.05, 4.69) is 20.9 Å². The first-order valence-electron chi connectivity index (χ1n) is 8.06. The average Bonchev–Trinajstić information content (AvgIpc) is 2.62. The van der Waals surface area contributed by atoms with Crippen molar-refractivity contribution in [2.45, 2.75) is 24.8 Å². The fourth-order valence-corrected chi connectivity index (χ4v) is 3.73. The predicted octanol–water partition coefficient (Wildman–Crippen LogP) is 0.430. The molecular weight excluding hydrogens is 393 g/mol. The molecular formula is C15H18N5O7P. The maximum Gasteiger partial charge on any atom is 0.346 e. The molecule has 0 radical (unpaired) electrons. The number of hydrogen-bond donors (Lipinski definition) is 7. The minimum absolute atomic E-state index is 0.174. The third-order valence-electron chi connectivity index (χ3n) is 4.13. The Hall–Kier alpha value is -2.60. The first-order valence-corrected chi connectivity index (χ1v) is 9.74. The molecule has 0 fully saturated rings. The molecule has 1 aliphatic rings. The topological polar surface area (TPSA) is 190 Å². The van der Waals surface area contributed by atoms with E-state index in [0.29, 0.717) is 0 Å². The van der Waals surface area contributed by atoms with E-state index in [0.717, 1.165) is 0 Å². The van der Waals surface area contributed by atoms with Gasteiger partial charge in [-0.3, -0.25) is 25.0 Å². The first-order chi connectivity index (χ1) is 13.2. The highest BCUT2D eigenvalue weighted by atomic mass is 31.2. The van der Waals surface area contributed by atoms with Crippen LogP contribution in [0.25, 0.3) is 0 Å². The number of pyridine rings is 1. The summed E-state index contributed by atoms with van der Waals surface area (Å²) in [5, 5.41) is 38.6. The summed E-state index contributed by atoms with van der Waals surface area (Å²) in [6, 6.07) is 5.41. The predicted molar refractivity (Wildman–Crippen MR) is 98.2 cm³/mol. The normalized spacial score (nSPS) is 19.9. The highest BCUT2D eigenvalue weighted by Crippen LogP contribution is 2.50. The number of nitrogens with one attached hydrogen (secondary N) is 3. The van der Waals surface area contributed by atoms with Crippen molar-refractivity contribution in [3.05, 3.63) is 57.9 Å². The van der Waals surface area contributed by atoms with Gasteiger partial charge in [0.25, 0.3) is 5.69 Å². The third kappa shape index (κ3) is 4.28. The zero-order valence-corrected chi connectivity index (χ0v) is 15.2. The molecule has 3 rings (SSSR count). The van der Waals surface area contributed by atoms with Crippen LogP contribution in [-0.4, -0.2) is 42.4 Å². The van der Waals surface area contributed by atoms with E-state index in [9.17, 15) is 34.7 Å². The lowest BCUT2D eigenvalue weighted by molar-refractivity contribution is -0.384. The van der Waals surface area contributed by atoms with Gasteiger partial charge < -0.3 is 30.6 Å². The number of anilines is 2. The van der Waals surface area contributed by atoms with E-state index < -0.39 is 30.8 Å². The highest BCUT2D eigenvalue weighted by Gasteiger charge is 2.32. The average molecular weight is 411 g/mol. The van der Waals surface area contributed by atoms with Gasteiger partial charge in [-0.1, -0.05) is 6.07 Å². The van der Waals surface area contributed by atoms with Gasteiger partial charge in [-0.15, -0.1) is 0 Å². The van der Waals surface area contributed by atoms with Crippen molar-refractivity contribution < 1.29 is 29.5 Å². The quantitative estimate of drug-likeness (QED) is 0.198. The van der Waals surface area contributed by atoms with Crippen LogP contribution >= 0.6 is 7.60 Å². The molecule has 2 aromatic rings. The Balaban J connectivity index is 1.94. The Morgan fingerprint density at radius 2 is 2.00 bits per heavy atom. The minimum atomic E-state index is -4.63. The van der Waals surface area contributed by atoms with Crippen LogP contribution in [0.3, 0.4) is 0 Å². The van der Waals surface area contributed by atoms with Gasteiger partial charge in [-0.05, 0) is 17.2 Å². The molecule has 13 heteroatoms. The van der Waals surface area contributed by atoms with Crippen LogP contribution in [0.4, 0.5) is 17.1 Å². The van der Waals surface area contributed by atoms with Gasteiger partial charge in [0.2, 0.25) is 0 Å². The van der Waals surface area contributed by atoms with Crippen molar-refractivity contribution in [2.75, 3.05) is 10.6 Å².